The molecule has 0 bridgehead atoms. The number of hydrogen-bond donors (Lipinski definition) is 1. The quantitative estimate of drug-likeness (QED) is 0.747. The Morgan fingerprint density at radius 1 is 1.40 bits per heavy atom. The van der Waals surface area contributed by atoms with Gasteiger partial charge in [0, 0.05) is 22.1 Å². The van der Waals surface area contributed by atoms with Gasteiger partial charge in [0.25, 0.3) is 0 Å². The summed E-state index contributed by atoms with van der Waals surface area (Å²) < 4.78 is 37.8. The molecular weight excluding hydrogens is 305 g/mol. The molecule has 0 amide bonds. The summed E-state index contributed by atoms with van der Waals surface area (Å²) in [6.07, 6.45) is -0.975. The van der Waals surface area contributed by atoms with Gasteiger partial charge in [-0.25, -0.2) is 4.98 Å². The highest BCUT2D eigenvalue weighted by Crippen LogP contribution is 2.35. The van der Waals surface area contributed by atoms with E-state index in [1.165, 1.54) is 6.20 Å². The maximum absolute atomic E-state index is 12.6. The second-order valence-electron chi connectivity index (χ2n) is 4.62. The Bertz CT molecular complexity index is 393. The monoisotopic (exact) mass is 326 g/mol. The molecule has 20 heavy (non-hydrogen) atoms. The summed E-state index contributed by atoms with van der Waals surface area (Å²) in [5, 5.41) is 3.06. The molecule has 1 heterocycles. The minimum Gasteiger partial charge on any atom is -0.309 e. The molecule has 1 aromatic heterocycles. The Labute approximate surface area is 126 Å². The molecule has 0 aliphatic rings. The number of halogens is 3. The highest BCUT2D eigenvalue weighted by Gasteiger charge is 2.35. The fourth-order valence-electron chi connectivity index (χ4n) is 1.52. The molecule has 0 fully saturated rings. The lowest BCUT2D eigenvalue weighted by molar-refractivity contribution is -0.137. The number of hydrogen-bond acceptors (Lipinski definition) is 4. The van der Waals surface area contributed by atoms with Gasteiger partial charge in [-0.15, -0.1) is 11.3 Å². The first-order valence-corrected chi connectivity index (χ1v) is 8.62. The van der Waals surface area contributed by atoms with Crippen LogP contribution in [0.15, 0.2) is 6.20 Å². The van der Waals surface area contributed by atoms with Crippen LogP contribution in [-0.4, -0.2) is 22.5 Å². The Morgan fingerprint density at radius 3 is 2.60 bits per heavy atom. The van der Waals surface area contributed by atoms with Crippen molar-refractivity contribution in [1.29, 1.82) is 0 Å². The van der Waals surface area contributed by atoms with Gasteiger partial charge >= 0.3 is 6.18 Å². The number of thioether (sulfide) groups is 1. The minimum atomic E-state index is -4.35. The molecule has 2 atom stereocenters. The van der Waals surface area contributed by atoms with E-state index in [2.05, 4.69) is 24.1 Å². The Kier molecular flexibility index (Phi) is 7.33. The Balaban J connectivity index is 2.73. The topological polar surface area (TPSA) is 24.9 Å². The van der Waals surface area contributed by atoms with Crippen LogP contribution in [0, 0.1) is 0 Å². The molecule has 0 aromatic carbocycles. The normalized spacial score (nSPS) is 15.3. The molecule has 0 saturated heterocycles. The lowest BCUT2D eigenvalue weighted by atomic mass is 10.3. The van der Waals surface area contributed by atoms with Gasteiger partial charge in [0.1, 0.15) is 0 Å². The molecule has 0 saturated carbocycles. The van der Waals surface area contributed by atoms with Crippen LogP contribution in [0.25, 0.3) is 0 Å². The lowest BCUT2D eigenvalue weighted by Gasteiger charge is -2.18. The first-order chi connectivity index (χ1) is 9.38. The van der Waals surface area contributed by atoms with Crippen LogP contribution in [0.3, 0.4) is 0 Å². The summed E-state index contributed by atoms with van der Waals surface area (Å²) in [6, 6.07) is -0.0532. The summed E-state index contributed by atoms with van der Waals surface area (Å²) in [5.74, 6) is 0.772. The van der Waals surface area contributed by atoms with Crippen LogP contribution in [0.5, 0.6) is 0 Å². The van der Waals surface area contributed by atoms with Crippen molar-refractivity contribution in [2.45, 2.75) is 51.1 Å². The first kappa shape index (κ1) is 17.8. The Hall–Kier alpha value is -0.270. The van der Waals surface area contributed by atoms with Crippen LogP contribution in [0.2, 0.25) is 0 Å². The summed E-state index contributed by atoms with van der Waals surface area (Å²) in [7, 11) is 0. The number of aromatic nitrogens is 1. The van der Waals surface area contributed by atoms with Crippen molar-refractivity contribution in [2.75, 3.05) is 12.3 Å². The second kappa shape index (κ2) is 8.24. The largest absolute Gasteiger partial charge is 0.443 e. The predicted molar refractivity (Wildman–Crippen MR) is 80.4 cm³/mol. The highest BCUT2D eigenvalue weighted by molar-refractivity contribution is 7.99. The third kappa shape index (κ3) is 5.61. The van der Waals surface area contributed by atoms with E-state index in [1.54, 1.807) is 11.8 Å². The van der Waals surface area contributed by atoms with Gasteiger partial charge in [-0.2, -0.15) is 24.9 Å². The number of nitrogens with zero attached hydrogens (tertiary/aromatic N) is 1. The predicted octanol–water partition coefficient (Wildman–Crippen LogP) is 4.73. The summed E-state index contributed by atoms with van der Waals surface area (Å²) in [6.45, 7) is 7.08. The van der Waals surface area contributed by atoms with Crippen LogP contribution in [0.4, 0.5) is 13.2 Å². The zero-order valence-electron chi connectivity index (χ0n) is 12.0. The van der Waals surface area contributed by atoms with Crippen LogP contribution in [-0.2, 0) is 6.18 Å². The van der Waals surface area contributed by atoms with E-state index in [1.807, 2.05) is 6.92 Å². The molecule has 2 nitrogen and oxygen atoms in total. The van der Waals surface area contributed by atoms with Gasteiger partial charge in [0.15, 0.2) is 5.01 Å². The van der Waals surface area contributed by atoms with Gasteiger partial charge in [-0.3, -0.25) is 0 Å². The van der Waals surface area contributed by atoms with Crippen LogP contribution >= 0.6 is 23.1 Å². The zero-order valence-corrected chi connectivity index (χ0v) is 13.6. The maximum atomic E-state index is 12.6. The third-order valence-corrected chi connectivity index (χ3v) is 5.46. The maximum Gasteiger partial charge on any atom is 0.443 e. The SMILES string of the molecule is CCCNC(CSC(C)CC)c1cnc(C(F)(F)F)s1. The van der Waals surface area contributed by atoms with E-state index in [4.69, 9.17) is 0 Å². The second-order valence-corrected chi connectivity index (χ2v) is 7.16. The average Bonchev–Trinajstić information content (AvgIpc) is 2.88. The van der Waals surface area contributed by atoms with Gasteiger partial charge in [-0.05, 0) is 19.4 Å². The average molecular weight is 326 g/mol. The minimum absolute atomic E-state index is 0.0532. The summed E-state index contributed by atoms with van der Waals surface area (Å²) >= 11 is 2.53. The van der Waals surface area contributed by atoms with Crippen molar-refractivity contribution in [2.24, 2.45) is 0 Å². The van der Waals surface area contributed by atoms with Crippen molar-refractivity contribution < 1.29 is 13.2 Å². The number of thiazole rings is 1. The molecule has 7 heteroatoms. The van der Waals surface area contributed by atoms with E-state index in [-0.39, 0.29) is 6.04 Å². The van der Waals surface area contributed by atoms with Crippen LogP contribution < -0.4 is 5.32 Å². The first-order valence-electron chi connectivity index (χ1n) is 6.76. The lowest BCUT2D eigenvalue weighted by Crippen LogP contribution is -2.24. The molecule has 1 rings (SSSR count). The van der Waals surface area contributed by atoms with Crippen molar-refractivity contribution in [3.8, 4) is 0 Å². The molecule has 1 aromatic rings. The smallest absolute Gasteiger partial charge is 0.309 e. The van der Waals surface area contributed by atoms with Crippen molar-refractivity contribution >= 4 is 23.1 Å². The molecule has 1 N–H and O–H groups in total. The molecule has 0 aliphatic carbocycles. The fourth-order valence-corrected chi connectivity index (χ4v) is 3.54. The van der Waals surface area contributed by atoms with E-state index < -0.39 is 11.2 Å². The summed E-state index contributed by atoms with van der Waals surface area (Å²) in [5.41, 5.74) is 0. The van der Waals surface area contributed by atoms with E-state index in [9.17, 15) is 13.2 Å². The van der Waals surface area contributed by atoms with E-state index in [0.29, 0.717) is 10.1 Å². The number of nitrogens with one attached hydrogen (secondary N) is 1. The van der Waals surface area contributed by atoms with Gasteiger partial charge in [0.2, 0.25) is 0 Å². The number of rotatable bonds is 8. The molecule has 116 valence electrons. The molecular formula is C13H21F3N2S2. The van der Waals surface area contributed by atoms with E-state index >= 15 is 0 Å². The fraction of sp³-hybridized carbons (Fsp3) is 0.769. The van der Waals surface area contributed by atoms with E-state index in [0.717, 1.165) is 36.5 Å². The van der Waals surface area contributed by atoms with Crippen LogP contribution in [0.1, 0.15) is 49.5 Å². The Morgan fingerprint density at radius 2 is 2.10 bits per heavy atom. The van der Waals surface area contributed by atoms with Crippen molar-refractivity contribution in [3.63, 3.8) is 0 Å². The van der Waals surface area contributed by atoms with Crippen molar-refractivity contribution in [1.82, 2.24) is 10.3 Å². The molecule has 0 spiro atoms. The third-order valence-electron chi connectivity index (χ3n) is 2.87. The van der Waals surface area contributed by atoms with Gasteiger partial charge < -0.3 is 5.32 Å². The van der Waals surface area contributed by atoms with Gasteiger partial charge in [0.05, 0.1) is 6.04 Å². The molecule has 2 unspecified atom stereocenters. The highest BCUT2D eigenvalue weighted by atomic mass is 32.2. The standard InChI is InChI=1S/C13H21F3N2S2/c1-4-6-17-10(8-19-9(3)5-2)11-7-18-12(20-11)13(14,15)16/h7,9-10,17H,4-6,8H2,1-3H3. The van der Waals surface area contributed by atoms with Gasteiger partial charge in [-0.1, -0.05) is 20.8 Å². The number of alkyl halides is 3. The molecule has 0 aliphatic heterocycles. The summed E-state index contributed by atoms with van der Waals surface area (Å²) in [4.78, 5) is 4.18. The van der Waals surface area contributed by atoms with Crippen molar-refractivity contribution in [3.05, 3.63) is 16.1 Å². The molecule has 0 radical (unpaired) electrons. The zero-order chi connectivity index (χ0) is 15.2.